The highest BCUT2D eigenvalue weighted by molar-refractivity contribution is 5.66. The van der Waals surface area contributed by atoms with Crippen LogP contribution < -0.4 is 0 Å². The summed E-state index contributed by atoms with van der Waals surface area (Å²) in [4.78, 5) is 12.2. The lowest BCUT2D eigenvalue weighted by molar-refractivity contribution is -0.136. The van der Waals surface area contributed by atoms with Gasteiger partial charge in [-0.15, -0.1) is 0 Å². The van der Waals surface area contributed by atoms with E-state index in [9.17, 15) is 4.79 Å². The predicted molar refractivity (Wildman–Crippen MR) is 62.8 cm³/mol. The van der Waals surface area contributed by atoms with E-state index in [0.717, 1.165) is 12.1 Å². The number of rotatable bonds is 7. The van der Waals surface area contributed by atoms with Gasteiger partial charge in [-0.2, -0.15) is 0 Å². The zero-order valence-corrected chi connectivity index (χ0v) is 9.44. The second-order valence-corrected chi connectivity index (χ2v) is 3.62. The summed E-state index contributed by atoms with van der Waals surface area (Å²) in [5, 5.41) is 8.39. The summed E-state index contributed by atoms with van der Waals surface area (Å²) >= 11 is 0. The predicted octanol–water partition coefficient (Wildman–Crippen LogP) is 2.08. The Morgan fingerprint density at radius 2 is 2.07 bits per heavy atom. The summed E-state index contributed by atoms with van der Waals surface area (Å²) in [6.07, 6.45) is 8.26. The fourth-order valence-electron chi connectivity index (χ4n) is 1.03. The highest BCUT2D eigenvalue weighted by Crippen LogP contribution is 1.96. The average molecular weight is 209 g/mol. The van der Waals surface area contributed by atoms with Crippen LogP contribution in [-0.4, -0.2) is 36.6 Å². The zero-order valence-electron chi connectivity index (χ0n) is 9.44. The Kier molecular flexibility index (Phi) is 7.28. The van der Waals surface area contributed by atoms with Crippen molar-refractivity contribution in [2.24, 2.45) is 0 Å². The van der Waals surface area contributed by atoms with E-state index in [1.54, 1.807) is 0 Å². The molecule has 0 atom stereocenters. The molecule has 3 heteroatoms. The largest absolute Gasteiger partial charge is 0.481 e. The number of hydrogen-bond acceptors (Lipinski definition) is 2. The molecular weight excluding hydrogens is 190 g/mol. The maximum atomic E-state index is 10.2. The van der Waals surface area contributed by atoms with E-state index in [4.69, 9.17) is 5.11 Å². The van der Waals surface area contributed by atoms with Gasteiger partial charge < -0.3 is 10.0 Å². The van der Waals surface area contributed by atoms with Crippen LogP contribution in [0.5, 0.6) is 0 Å². The van der Waals surface area contributed by atoms with Gasteiger partial charge in [0.05, 0.1) is 0 Å². The standard InChI is InChI=1S/C12H19NO2/c1-11(10-13(2)3)8-6-4-5-7-9-12(14)15/h4-6,8H,1,7,9-10H2,2-3H3,(H,14,15)/b5-4-,8-6-. The van der Waals surface area contributed by atoms with E-state index >= 15 is 0 Å². The number of nitrogens with zero attached hydrogens (tertiary/aromatic N) is 1. The molecule has 0 rings (SSSR count). The summed E-state index contributed by atoms with van der Waals surface area (Å²) in [5.41, 5.74) is 1.03. The molecule has 0 saturated carbocycles. The molecule has 15 heavy (non-hydrogen) atoms. The van der Waals surface area contributed by atoms with Crippen LogP contribution in [0.25, 0.3) is 0 Å². The lowest BCUT2D eigenvalue weighted by Gasteiger charge is -2.07. The molecular formula is C12H19NO2. The first-order valence-electron chi connectivity index (χ1n) is 4.90. The second-order valence-electron chi connectivity index (χ2n) is 3.62. The number of likely N-dealkylation sites (N-methyl/N-ethyl adjacent to an activating group) is 1. The number of carbonyl (C=O) groups is 1. The number of aliphatic carboxylic acids is 1. The van der Waals surface area contributed by atoms with Gasteiger partial charge in [0.1, 0.15) is 0 Å². The summed E-state index contributed by atoms with van der Waals surface area (Å²) in [6, 6.07) is 0. The van der Waals surface area contributed by atoms with Crippen LogP contribution in [0.3, 0.4) is 0 Å². The van der Waals surface area contributed by atoms with Crippen molar-refractivity contribution < 1.29 is 9.90 Å². The fraction of sp³-hybridized carbons (Fsp3) is 0.417. The van der Waals surface area contributed by atoms with Crippen LogP contribution in [-0.2, 0) is 4.79 Å². The molecule has 0 aromatic rings. The SMILES string of the molecule is C=C(/C=C\C=C/CCC(=O)O)CN(C)C. The highest BCUT2D eigenvalue weighted by atomic mass is 16.4. The first kappa shape index (κ1) is 13.7. The summed E-state index contributed by atoms with van der Waals surface area (Å²) in [6.45, 7) is 4.72. The molecule has 0 bridgehead atoms. The number of allylic oxidation sites excluding steroid dienone is 3. The zero-order chi connectivity index (χ0) is 11.7. The minimum Gasteiger partial charge on any atom is -0.481 e. The molecule has 0 aliphatic carbocycles. The van der Waals surface area contributed by atoms with Crippen LogP contribution in [0.4, 0.5) is 0 Å². The third kappa shape index (κ3) is 10.6. The van der Waals surface area contributed by atoms with Crippen LogP contribution >= 0.6 is 0 Å². The Bertz CT molecular complexity index is 265. The minimum atomic E-state index is -0.763. The van der Waals surface area contributed by atoms with E-state index in [1.807, 2.05) is 43.3 Å². The van der Waals surface area contributed by atoms with E-state index < -0.39 is 5.97 Å². The van der Waals surface area contributed by atoms with Crippen molar-refractivity contribution in [2.45, 2.75) is 12.8 Å². The van der Waals surface area contributed by atoms with Crippen molar-refractivity contribution >= 4 is 5.97 Å². The van der Waals surface area contributed by atoms with E-state index in [0.29, 0.717) is 6.42 Å². The van der Waals surface area contributed by atoms with E-state index in [2.05, 4.69) is 6.58 Å². The van der Waals surface area contributed by atoms with Crippen molar-refractivity contribution in [1.29, 1.82) is 0 Å². The molecule has 1 N–H and O–H groups in total. The molecule has 0 fully saturated rings. The summed E-state index contributed by atoms with van der Waals surface area (Å²) < 4.78 is 0. The molecule has 0 aromatic carbocycles. The molecule has 0 aromatic heterocycles. The molecule has 0 spiro atoms. The van der Waals surface area contributed by atoms with Crippen LogP contribution in [0.1, 0.15) is 12.8 Å². The molecule has 0 aliphatic heterocycles. The smallest absolute Gasteiger partial charge is 0.303 e. The van der Waals surface area contributed by atoms with Gasteiger partial charge in [0.15, 0.2) is 0 Å². The number of carboxylic acid groups (broad SMARTS) is 1. The number of carboxylic acids is 1. The topological polar surface area (TPSA) is 40.5 Å². The quantitative estimate of drug-likeness (QED) is 0.653. The molecule has 3 nitrogen and oxygen atoms in total. The molecule has 0 saturated heterocycles. The Balaban J connectivity index is 3.69. The van der Waals surface area contributed by atoms with E-state index in [1.165, 1.54) is 0 Å². The van der Waals surface area contributed by atoms with Crippen molar-refractivity contribution in [2.75, 3.05) is 20.6 Å². The van der Waals surface area contributed by atoms with Crippen LogP contribution in [0.15, 0.2) is 36.5 Å². The third-order valence-electron chi connectivity index (χ3n) is 1.62. The molecule has 84 valence electrons. The monoisotopic (exact) mass is 209 g/mol. The highest BCUT2D eigenvalue weighted by Gasteiger charge is 1.91. The first-order chi connectivity index (χ1) is 7.02. The van der Waals surface area contributed by atoms with E-state index in [-0.39, 0.29) is 6.42 Å². The molecule has 0 amide bonds. The van der Waals surface area contributed by atoms with Crippen LogP contribution in [0.2, 0.25) is 0 Å². The van der Waals surface area contributed by atoms with Gasteiger partial charge in [0.25, 0.3) is 0 Å². The maximum Gasteiger partial charge on any atom is 0.303 e. The molecule has 0 radical (unpaired) electrons. The Morgan fingerprint density at radius 1 is 1.40 bits per heavy atom. The lowest BCUT2D eigenvalue weighted by atomic mass is 10.2. The fourth-order valence-corrected chi connectivity index (χ4v) is 1.03. The second kappa shape index (κ2) is 8.00. The molecule has 0 heterocycles. The Labute approximate surface area is 91.4 Å². The van der Waals surface area contributed by atoms with Crippen molar-refractivity contribution in [1.82, 2.24) is 4.90 Å². The first-order valence-corrected chi connectivity index (χ1v) is 4.90. The van der Waals surface area contributed by atoms with Gasteiger partial charge >= 0.3 is 5.97 Å². The van der Waals surface area contributed by atoms with Crippen molar-refractivity contribution in [3.05, 3.63) is 36.5 Å². The minimum absolute atomic E-state index is 0.184. The molecule has 0 aliphatic rings. The van der Waals surface area contributed by atoms with Crippen LogP contribution in [0, 0.1) is 0 Å². The number of hydrogen-bond donors (Lipinski definition) is 1. The van der Waals surface area contributed by atoms with Gasteiger partial charge in [-0.1, -0.05) is 30.9 Å². The van der Waals surface area contributed by atoms with Gasteiger partial charge in [-0.25, -0.2) is 0 Å². The third-order valence-corrected chi connectivity index (χ3v) is 1.62. The lowest BCUT2D eigenvalue weighted by Crippen LogP contribution is -2.13. The summed E-state index contributed by atoms with van der Waals surface area (Å²) in [7, 11) is 3.98. The van der Waals surface area contributed by atoms with Gasteiger partial charge in [-0.05, 0) is 26.1 Å². The normalized spacial score (nSPS) is 11.7. The van der Waals surface area contributed by atoms with Crippen molar-refractivity contribution in [3.8, 4) is 0 Å². The van der Waals surface area contributed by atoms with Gasteiger partial charge in [0.2, 0.25) is 0 Å². The molecule has 0 unspecified atom stereocenters. The maximum absolute atomic E-state index is 10.2. The van der Waals surface area contributed by atoms with Gasteiger partial charge in [-0.3, -0.25) is 4.79 Å². The summed E-state index contributed by atoms with van der Waals surface area (Å²) in [5.74, 6) is -0.763. The average Bonchev–Trinajstić information content (AvgIpc) is 2.09. The Hall–Kier alpha value is -1.35. The van der Waals surface area contributed by atoms with Crippen molar-refractivity contribution in [3.63, 3.8) is 0 Å². The Morgan fingerprint density at radius 3 is 2.60 bits per heavy atom. The van der Waals surface area contributed by atoms with Gasteiger partial charge in [0, 0.05) is 13.0 Å².